The number of carbonyl (C=O) groups is 2. The molecule has 0 saturated carbocycles. The van der Waals surface area contributed by atoms with Crippen molar-refractivity contribution in [1.82, 2.24) is 15.2 Å². The van der Waals surface area contributed by atoms with Crippen LogP contribution in [0.5, 0.6) is 0 Å². The number of benzene rings is 1. The average molecular weight is 359 g/mol. The molecule has 2 amide bonds. The van der Waals surface area contributed by atoms with Crippen LogP contribution in [0.1, 0.15) is 35.0 Å². The molecule has 2 heterocycles. The van der Waals surface area contributed by atoms with E-state index in [1.807, 2.05) is 26.0 Å². The first-order chi connectivity index (χ1) is 12.2. The zero-order valence-corrected chi connectivity index (χ0v) is 15.3. The Kier molecular flexibility index (Phi) is 4.77. The fourth-order valence-corrected chi connectivity index (χ4v) is 3.41. The van der Waals surface area contributed by atoms with E-state index in [0.717, 1.165) is 22.2 Å². The minimum atomic E-state index is -1.42. The van der Waals surface area contributed by atoms with Gasteiger partial charge in [0, 0.05) is 48.7 Å². The van der Waals surface area contributed by atoms with Crippen LogP contribution < -0.4 is 5.32 Å². The molecule has 1 aromatic heterocycles. The van der Waals surface area contributed by atoms with E-state index in [1.54, 1.807) is 11.0 Å². The standard InChI is InChI=1S/C19H25N3O4/c1-11-12(2)21-16-5-4-14(8-15(11)16)18(25)22-7-6-19(26,17(24)9-22)10-20-13(3)23/h4-5,8,17,21,24,26H,6-7,9-10H2,1-3H3,(H,20,23)/t17-,19-/m1/s1. The van der Waals surface area contributed by atoms with Crippen molar-refractivity contribution in [3.63, 3.8) is 0 Å². The van der Waals surface area contributed by atoms with Gasteiger partial charge in [-0.3, -0.25) is 9.59 Å². The second-order valence-corrected chi connectivity index (χ2v) is 7.17. The number of nitrogens with one attached hydrogen (secondary N) is 2. The zero-order valence-electron chi connectivity index (χ0n) is 15.3. The van der Waals surface area contributed by atoms with Crippen molar-refractivity contribution in [3.05, 3.63) is 35.0 Å². The van der Waals surface area contributed by atoms with E-state index in [1.165, 1.54) is 6.92 Å². The lowest BCUT2D eigenvalue weighted by molar-refractivity contribution is -0.127. The second kappa shape index (κ2) is 6.74. The highest BCUT2D eigenvalue weighted by molar-refractivity contribution is 5.99. The average Bonchev–Trinajstić information content (AvgIpc) is 2.89. The Morgan fingerprint density at radius 2 is 2.12 bits per heavy atom. The van der Waals surface area contributed by atoms with Crippen molar-refractivity contribution >= 4 is 22.7 Å². The molecule has 1 aliphatic heterocycles. The Hall–Kier alpha value is -2.38. The van der Waals surface area contributed by atoms with Crippen LogP contribution in [0, 0.1) is 13.8 Å². The Morgan fingerprint density at radius 1 is 1.38 bits per heavy atom. The summed E-state index contributed by atoms with van der Waals surface area (Å²) < 4.78 is 0. The number of amides is 2. The molecule has 26 heavy (non-hydrogen) atoms. The van der Waals surface area contributed by atoms with Crippen molar-refractivity contribution in [3.8, 4) is 0 Å². The molecule has 1 saturated heterocycles. The van der Waals surface area contributed by atoms with E-state index in [-0.39, 0.29) is 31.3 Å². The molecule has 0 spiro atoms. The summed E-state index contributed by atoms with van der Waals surface area (Å²) in [6.45, 7) is 5.67. The highest BCUT2D eigenvalue weighted by atomic mass is 16.3. The number of likely N-dealkylation sites (tertiary alicyclic amines) is 1. The van der Waals surface area contributed by atoms with Gasteiger partial charge in [-0.15, -0.1) is 0 Å². The molecule has 7 nitrogen and oxygen atoms in total. The predicted octanol–water partition coefficient (Wildman–Crippen LogP) is 0.859. The summed E-state index contributed by atoms with van der Waals surface area (Å²) in [4.78, 5) is 28.7. The number of hydrogen-bond acceptors (Lipinski definition) is 4. The number of aromatic amines is 1. The maximum Gasteiger partial charge on any atom is 0.253 e. The first-order valence-corrected chi connectivity index (χ1v) is 8.74. The number of aliphatic hydroxyl groups is 2. The number of β-amino-alcohol motifs (C(OH)–C–C–N with tert-alkyl or cyclic N) is 1. The van der Waals surface area contributed by atoms with Crippen molar-refractivity contribution in [2.45, 2.75) is 38.9 Å². The summed E-state index contributed by atoms with van der Waals surface area (Å²) in [7, 11) is 0. The highest BCUT2D eigenvalue weighted by Gasteiger charge is 2.42. The predicted molar refractivity (Wildman–Crippen MR) is 97.9 cm³/mol. The number of aromatic nitrogens is 1. The fourth-order valence-electron chi connectivity index (χ4n) is 3.41. The molecule has 0 radical (unpaired) electrons. The molecule has 3 rings (SSSR count). The number of aliphatic hydroxyl groups excluding tert-OH is 1. The smallest absolute Gasteiger partial charge is 0.253 e. The third-order valence-electron chi connectivity index (χ3n) is 5.31. The van der Waals surface area contributed by atoms with Crippen LogP contribution in [0.4, 0.5) is 0 Å². The van der Waals surface area contributed by atoms with Crippen molar-refractivity contribution in [2.75, 3.05) is 19.6 Å². The lowest BCUT2D eigenvalue weighted by atomic mass is 9.88. The van der Waals surface area contributed by atoms with E-state index in [9.17, 15) is 19.8 Å². The van der Waals surface area contributed by atoms with Gasteiger partial charge in [-0.25, -0.2) is 0 Å². The maximum atomic E-state index is 12.8. The van der Waals surface area contributed by atoms with E-state index >= 15 is 0 Å². The van der Waals surface area contributed by atoms with Crippen LogP contribution in [0.3, 0.4) is 0 Å². The molecule has 1 aromatic carbocycles. The second-order valence-electron chi connectivity index (χ2n) is 7.17. The van der Waals surface area contributed by atoms with Gasteiger partial charge >= 0.3 is 0 Å². The molecule has 0 aliphatic carbocycles. The number of carbonyl (C=O) groups excluding carboxylic acids is 2. The molecule has 2 aromatic rings. The number of nitrogens with zero attached hydrogens (tertiary/aromatic N) is 1. The first kappa shape index (κ1) is 18.4. The Labute approximate surface area is 152 Å². The van der Waals surface area contributed by atoms with Crippen molar-refractivity contribution in [2.24, 2.45) is 0 Å². The Morgan fingerprint density at radius 3 is 2.77 bits per heavy atom. The molecule has 1 fully saturated rings. The summed E-state index contributed by atoms with van der Waals surface area (Å²) in [5, 5.41) is 24.4. The van der Waals surface area contributed by atoms with Crippen LogP contribution in [-0.4, -0.2) is 63.3 Å². The van der Waals surface area contributed by atoms with Crippen LogP contribution in [0.2, 0.25) is 0 Å². The van der Waals surface area contributed by atoms with Crippen molar-refractivity contribution < 1.29 is 19.8 Å². The highest BCUT2D eigenvalue weighted by Crippen LogP contribution is 2.26. The third-order valence-corrected chi connectivity index (χ3v) is 5.31. The monoisotopic (exact) mass is 359 g/mol. The van der Waals surface area contributed by atoms with Gasteiger partial charge in [0.1, 0.15) is 11.7 Å². The van der Waals surface area contributed by atoms with Gasteiger partial charge in [0.2, 0.25) is 5.91 Å². The van der Waals surface area contributed by atoms with Gasteiger partial charge in [0.15, 0.2) is 0 Å². The molecular weight excluding hydrogens is 334 g/mol. The first-order valence-electron chi connectivity index (χ1n) is 8.74. The summed E-state index contributed by atoms with van der Waals surface area (Å²) in [5.74, 6) is -0.444. The van der Waals surface area contributed by atoms with Gasteiger partial charge in [-0.2, -0.15) is 0 Å². The molecule has 4 N–H and O–H groups in total. The normalized spacial score (nSPS) is 23.3. The van der Waals surface area contributed by atoms with Gasteiger partial charge < -0.3 is 25.4 Å². The van der Waals surface area contributed by atoms with E-state index < -0.39 is 11.7 Å². The maximum absolute atomic E-state index is 12.8. The lowest BCUT2D eigenvalue weighted by Crippen LogP contribution is -2.61. The number of fused-ring (bicyclic) bond motifs is 1. The van der Waals surface area contributed by atoms with Gasteiger partial charge in [-0.05, 0) is 44.0 Å². The molecule has 7 heteroatoms. The number of hydrogen-bond donors (Lipinski definition) is 4. The van der Waals surface area contributed by atoms with Gasteiger partial charge in [0.25, 0.3) is 5.91 Å². The van der Waals surface area contributed by atoms with E-state index in [0.29, 0.717) is 12.1 Å². The molecule has 1 aliphatic rings. The van der Waals surface area contributed by atoms with Crippen LogP contribution in [-0.2, 0) is 4.79 Å². The quantitative estimate of drug-likeness (QED) is 0.652. The van der Waals surface area contributed by atoms with Gasteiger partial charge in [0.05, 0.1) is 0 Å². The van der Waals surface area contributed by atoms with E-state index in [2.05, 4.69) is 10.3 Å². The SMILES string of the molecule is CC(=O)NC[C@]1(O)CCN(C(=O)c2ccc3[nH]c(C)c(C)c3c2)C[C@H]1O. The molecule has 140 valence electrons. The third kappa shape index (κ3) is 3.32. The Bertz CT molecular complexity index is 860. The van der Waals surface area contributed by atoms with Crippen LogP contribution in [0.25, 0.3) is 10.9 Å². The lowest BCUT2D eigenvalue weighted by Gasteiger charge is -2.42. The largest absolute Gasteiger partial charge is 0.388 e. The molecular formula is C19H25N3O4. The number of aryl methyl sites for hydroxylation is 2. The molecule has 0 bridgehead atoms. The molecule has 0 unspecified atom stereocenters. The van der Waals surface area contributed by atoms with Crippen LogP contribution >= 0.6 is 0 Å². The molecule has 2 atom stereocenters. The number of rotatable bonds is 3. The van der Waals surface area contributed by atoms with Gasteiger partial charge in [-0.1, -0.05) is 0 Å². The zero-order chi connectivity index (χ0) is 19.1. The number of piperidine rings is 1. The number of H-pyrrole nitrogens is 1. The summed E-state index contributed by atoms with van der Waals surface area (Å²) >= 11 is 0. The van der Waals surface area contributed by atoms with Crippen LogP contribution in [0.15, 0.2) is 18.2 Å². The summed E-state index contributed by atoms with van der Waals surface area (Å²) in [5.41, 5.74) is 2.30. The van der Waals surface area contributed by atoms with E-state index in [4.69, 9.17) is 0 Å². The minimum absolute atomic E-state index is 0.0259. The summed E-state index contributed by atoms with van der Waals surface area (Å²) in [6.07, 6.45) is -0.919. The topological polar surface area (TPSA) is 106 Å². The Balaban J connectivity index is 1.75. The fraction of sp³-hybridized carbons (Fsp3) is 0.474. The summed E-state index contributed by atoms with van der Waals surface area (Å²) in [6, 6.07) is 5.52. The van der Waals surface area contributed by atoms with Crippen molar-refractivity contribution in [1.29, 1.82) is 0 Å². The minimum Gasteiger partial charge on any atom is -0.388 e.